The van der Waals surface area contributed by atoms with Crippen molar-refractivity contribution in [3.63, 3.8) is 0 Å². The van der Waals surface area contributed by atoms with Crippen LogP contribution in [0.25, 0.3) is 10.9 Å². The van der Waals surface area contributed by atoms with Crippen LogP contribution in [0.4, 0.5) is 0 Å². The highest BCUT2D eigenvalue weighted by molar-refractivity contribution is 6.42. The summed E-state index contributed by atoms with van der Waals surface area (Å²) in [6.07, 6.45) is 0. The molecule has 0 bridgehead atoms. The molecule has 3 aromatic rings. The Labute approximate surface area is 138 Å². The van der Waals surface area contributed by atoms with Crippen LogP contribution in [0, 0.1) is 6.92 Å². The first-order valence-electron chi connectivity index (χ1n) is 6.80. The Bertz CT molecular complexity index is 884. The van der Waals surface area contributed by atoms with Crippen LogP contribution < -0.4 is 5.73 Å². The van der Waals surface area contributed by atoms with Gasteiger partial charge < -0.3 is 10.3 Å². The van der Waals surface area contributed by atoms with E-state index in [4.69, 9.17) is 28.9 Å². The molecule has 0 aliphatic carbocycles. The Morgan fingerprint density at radius 1 is 1.14 bits per heavy atom. The molecule has 3 rings (SSSR count). The van der Waals surface area contributed by atoms with Gasteiger partial charge in [-0.3, -0.25) is 4.79 Å². The summed E-state index contributed by atoms with van der Waals surface area (Å²) in [5.41, 5.74) is 8.93. The molecular formula is C17H14Cl2N2O. The maximum atomic E-state index is 11.8. The smallest absolute Gasteiger partial charge is 0.251 e. The number of benzene rings is 2. The highest BCUT2D eigenvalue weighted by Gasteiger charge is 2.17. The standard InChI is InChI=1S/C17H14Cl2N2O/c1-10-16(17(20)22)12-4-2-3-5-15(12)21(10)9-11-6-7-13(18)14(19)8-11/h2-8H,9H2,1H3,(H2,20,22). The average molecular weight is 333 g/mol. The SMILES string of the molecule is Cc1c(C(N)=O)c2ccccc2n1Cc1ccc(Cl)c(Cl)c1. The number of carbonyl (C=O) groups is 1. The predicted octanol–water partition coefficient (Wildman–Crippen LogP) is 4.40. The number of para-hydroxylation sites is 1. The Balaban J connectivity index is 2.16. The highest BCUT2D eigenvalue weighted by atomic mass is 35.5. The lowest BCUT2D eigenvalue weighted by Gasteiger charge is -2.09. The van der Waals surface area contributed by atoms with E-state index in [2.05, 4.69) is 4.57 Å². The normalized spacial score (nSPS) is 11.0. The van der Waals surface area contributed by atoms with E-state index >= 15 is 0 Å². The minimum Gasteiger partial charge on any atom is -0.366 e. The van der Waals surface area contributed by atoms with Gasteiger partial charge in [-0.1, -0.05) is 47.5 Å². The summed E-state index contributed by atoms with van der Waals surface area (Å²) in [4.78, 5) is 11.8. The minimum absolute atomic E-state index is 0.415. The van der Waals surface area contributed by atoms with Crippen molar-refractivity contribution in [2.24, 2.45) is 5.73 Å². The van der Waals surface area contributed by atoms with Gasteiger partial charge in [0.25, 0.3) is 5.91 Å². The summed E-state index contributed by atoms with van der Waals surface area (Å²) >= 11 is 12.0. The van der Waals surface area contributed by atoms with Crippen LogP contribution in [0.2, 0.25) is 10.0 Å². The fourth-order valence-electron chi connectivity index (χ4n) is 2.77. The van der Waals surface area contributed by atoms with Crippen LogP contribution in [0.1, 0.15) is 21.6 Å². The predicted molar refractivity (Wildman–Crippen MR) is 90.8 cm³/mol. The van der Waals surface area contributed by atoms with Gasteiger partial charge in [-0.2, -0.15) is 0 Å². The van der Waals surface area contributed by atoms with E-state index in [1.165, 1.54) is 0 Å². The van der Waals surface area contributed by atoms with Crippen molar-refractivity contribution in [1.82, 2.24) is 4.57 Å². The van der Waals surface area contributed by atoms with E-state index in [9.17, 15) is 4.79 Å². The molecule has 0 aliphatic rings. The zero-order valence-electron chi connectivity index (χ0n) is 11.9. The van der Waals surface area contributed by atoms with Crippen LogP contribution in [0.15, 0.2) is 42.5 Å². The Morgan fingerprint density at radius 2 is 1.86 bits per heavy atom. The van der Waals surface area contributed by atoms with E-state index in [0.717, 1.165) is 22.2 Å². The van der Waals surface area contributed by atoms with Crippen LogP contribution in [0.5, 0.6) is 0 Å². The Kier molecular flexibility index (Phi) is 3.85. The summed E-state index contributed by atoms with van der Waals surface area (Å²) < 4.78 is 2.06. The first-order chi connectivity index (χ1) is 10.5. The first-order valence-corrected chi connectivity index (χ1v) is 7.56. The van der Waals surface area contributed by atoms with Crippen molar-refractivity contribution in [1.29, 1.82) is 0 Å². The van der Waals surface area contributed by atoms with Gasteiger partial charge in [0, 0.05) is 23.1 Å². The fraction of sp³-hybridized carbons (Fsp3) is 0.118. The molecule has 112 valence electrons. The summed E-state index contributed by atoms with van der Waals surface area (Å²) in [6.45, 7) is 2.49. The van der Waals surface area contributed by atoms with Crippen molar-refractivity contribution in [3.8, 4) is 0 Å². The van der Waals surface area contributed by atoms with E-state index in [1.54, 1.807) is 6.07 Å². The molecule has 3 nitrogen and oxygen atoms in total. The van der Waals surface area contributed by atoms with E-state index in [1.807, 2.05) is 43.3 Å². The molecule has 1 amide bonds. The molecule has 0 saturated heterocycles. The lowest BCUT2D eigenvalue weighted by molar-refractivity contribution is 0.100. The molecule has 1 aromatic heterocycles. The maximum absolute atomic E-state index is 11.8. The van der Waals surface area contributed by atoms with Crippen LogP contribution in [0.3, 0.4) is 0 Å². The van der Waals surface area contributed by atoms with Crippen molar-refractivity contribution in [2.45, 2.75) is 13.5 Å². The van der Waals surface area contributed by atoms with Gasteiger partial charge in [-0.15, -0.1) is 0 Å². The number of primary amides is 1. The Morgan fingerprint density at radius 3 is 2.55 bits per heavy atom. The monoisotopic (exact) mass is 332 g/mol. The first kappa shape index (κ1) is 14.9. The number of halogens is 2. The average Bonchev–Trinajstić information content (AvgIpc) is 2.76. The topological polar surface area (TPSA) is 48.0 Å². The number of fused-ring (bicyclic) bond motifs is 1. The van der Waals surface area contributed by atoms with Gasteiger partial charge in [0.2, 0.25) is 0 Å². The molecule has 1 heterocycles. The molecule has 22 heavy (non-hydrogen) atoms. The third-order valence-electron chi connectivity index (χ3n) is 3.80. The van der Waals surface area contributed by atoms with E-state index in [0.29, 0.717) is 22.2 Å². The van der Waals surface area contributed by atoms with E-state index in [-0.39, 0.29) is 0 Å². The van der Waals surface area contributed by atoms with Crippen LogP contribution in [-0.4, -0.2) is 10.5 Å². The molecule has 2 aromatic carbocycles. The van der Waals surface area contributed by atoms with Gasteiger partial charge in [0.05, 0.1) is 15.6 Å². The molecule has 0 unspecified atom stereocenters. The molecular weight excluding hydrogens is 319 g/mol. The van der Waals surface area contributed by atoms with Crippen molar-refractivity contribution >= 4 is 40.0 Å². The van der Waals surface area contributed by atoms with Crippen molar-refractivity contribution < 1.29 is 4.79 Å². The largest absolute Gasteiger partial charge is 0.366 e. The second-order valence-electron chi connectivity index (χ2n) is 5.18. The number of nitrogens with two attached hydrogens (primary N) is 1. The van der Waals surface area contributed by atoms with Crippen LogP contribution in [-0.2, 0) is 6.54 Å². The molecule has 0 aliphatic heterocycles. The van der Waals surface area contributed by atoms with Gasteiger partial charge in [-0.05, 0) is 30.7 Å². The summed E-state index contributed by atoms with van der Waals surface area (Å²) in [7, 11) is 0. The van der Waals surface area contributed by atoms with Gasteiger partial charge in [0.1, 0.15) is 0 Å². The third-order valence-corrected chi connectivity index (χ3v) is 4.54. The quantitative estimate of drug-likeness (QED) is 0.758. The maximum Gasteiger partial charge on any atom is 0.251 e. The molecule has 5 heteroatoms. The molecule has 0 spiro atoms. The summed E-state index contributed by atoms with van der Waals surface area (Å²) in [5, 5.41) is 1.91. The second-order valence-corrected chi connectivity index (χ2v) is 5.99. The molecule has 0 fully saturated rings. The lowest BCUT2D eigenvalue weighted by Crippen LogP contribution is -2.13. The lowest BCUT2D eigenvalue weighted by atomic mass is 10.1. The zero-order chi connectivity index (χ0) is 15.9. The van der Waals surface area contributed by atoms with Gasteiger partial charge in [0.15, 0.2) is 0 Å². The number of aromatic nitrogens is 1. The van der Waals surface area contributed by atoms with E-state index < -0.39 is 5.91 Å². The number of hydrogen-bond donors (Lipinski definition) is 1. The summed E-state index contributed by atoms with van der Waals surface area (Å²) in [6, 6.07) is 13.3. The van der Waals surface area contributed by atoms with Crippen molar-refractivity contribution in [3.05, 3.63) is 69.3 Å². The second kappa shape index (κ2) is 5.67. The van der Waals surface area contributed by atoms with Crippen molar-refractivity contribution in [2.75, 3.05) is 0 Å². The molecule has 0 radical (unpaired) electrons. The number of rotatable bonds is 3. The summed E-state index contributed by atoms with van der Waals surface area (Å²) in [5.74, 6) is -0.415. The zero-order valence-corrected chi connectivity index (χ0v) is 13.4. The number of amides is 1. The number of carbonyl (C=O) groups excluding carboxylic acids is 1. The molecule has 0 saturated carbocycles. The molecule has 0 atom stereocenters. The van der Waals surface area contributed by atoms with Crippen LogP contribution >= 0.6 is 23.2 Å². The van der Waals surface area contributed by atoms with Gasteiger partial charge in [-0.25, -0.2) is 0 Å². The third kappa shape index (κ3) is 2.47. The minimum atomic E-state index is -0.415. The highest BCUT2D eigenvalue weighted by Crippen LogP contribution is 2.28. The fourth-order valence-corrected chi connectivity index (χ4v) is 3.09. The Hall–Kier alpha value is -1.97. The number of hydrogen-bond acceptors (Lipinski definition) is 1. The van der Waals surface area contributed by atoms with Gasteiger partial charge >= 0.3 is 0 Å². The number of nitrogens with zero attached hydrogens (tertiary/aromatic N) is 1. The molecule has 2 N–H and O–H groups in total.